The Balaban J connectivity index is 2.78. The van der Waals surface area contributed by atoms with Crippen molar-refractivity contribution in [1.82, 2.24) is 5.32 Å². The third-order valence-corrected chi connectivity index (χ3v) is 3.04. The van der Waals surface area contributed by atoms with Gasteiger partial charge in [-0.2, -0.15) is 5.26 Å². The van der Waals surface area contributed by atoms with Crippen LogP contribution in [0.15, 0.2) is 18.2 Å². The van der Waals surface area contributed by atoms with E-state index in [1.165, 1.54) is 7.11 Å². The summed E-state index contributed by atoms with van der Waals surface area (Å²) >= 11 is 0. The first-order valence-electron chi connectivity index (χ1n) is 6.56. The third kappa shape index (κ3) is 5.13. The summed E-state index contributed by atoms with van der Waals surface area (Å²) in [4.78, 5) is 23.6. The van der Waals surface area contributed by atoms with E-state index in [0.717, 1.165) is 12.1 Å². The SMILES string of the molecule is COC(=O)[C@@H](NC(=O)Cc1cc(F)cc(F)c1)[C@@H](C)CC#N. The van der Waals surface area contributed by atoms with Crippen molar-refractivity contribution in [3.63, 3.8) is 0 Å². The molecule has 118 valence electrons. The van der Waals surface area contributed by atoms with Crippen molar-refractivity contribution in [3.05, 3.63) is 35.4 Å². The second-order valence-electron chi connectivity index (χ2n) is 4.86. The molecule has 1 aromatic rings. The highest BCUT2D eigenvalue weighted by Crippen LogP contribution is 2.11. The van der Waals surface area contributed by atoms with E-state index in [0.29, 0.717) is 6.07 Å². The molecule has 1 aromatic carbocycles. The van der Waals surface area contributed by atoms with Crippen LogP contribution in [-0.4, -0.2) is 25.0 Å². The predicted molar refractivity (Wildman–Crippen MR) is 73.4 cm³/mol. The van der Waals surface area contributed by atoms with Crippen molar-refractivity contribution in [2.45, 2.75) is 25.8 Å². The Labute approximate surface area is 126 Å². The highest BCUT2D eigenvalue weighted by Gasteiger charge is 2.27. The van der Waals surface area contributed by atoms with E-state index in [1.807, 2.05) is 6.07 Å². The lowest BCUT2D eigenvalue weighted by atomic mass is 9.98. The standard InChI is InChI=1S/C15H16F2N2O3/c1-9(3-4-18)14(15(21)22-2)19-13(20)7-10-5-11(16)8-12(17)6-10/h5-6,8-9,14H,3,7H2,1-2H3,(H,19,20)/t9-,14-/m0/s1. The van der Waals surface area contributed by atoms with Crippen molar-refractivity contribution in [1.29, 1.82) is 5.26 Å². The van der Waals surface area contributed by atoms with Crippen LogP contribution in [0.25, 0.3) is 0 Å². The van der Waals surface area contributed by atoms with Crippen LogP contribution in [0.5, 0.6) is 0 Å². The minimum atomic E-state index is -0.990. The van der Waals surface area contributed by atoms with Gasteiger partial charge in [-0.3, -0.25) is 4.79 Å². The molecule has 0 heterocycles. The molecule has 0 bridgehead atoms. The Morgan fingerprint density at radius 3 is 2.41 bits per heavy atom. The summed E-state index contributed by atoms with van der Waals surface area (Å²) in [6.07, 6.45) is -0.240. The molecule has 1 rings (SSSR count). The van der Waals surface area contributed by atoms with Gasteiger partial charge in [-0.15, -0.1) is 0 Å². The van der Waals surface area contributed by atoms with Gasteiger partial charge in [-0.05, 0) is 17.7 Å². The fraction of sp³-hybridized carbons (Fsp3) is 0.400. The molecule has 5 nitrogen and oxygen atoms in total. The van der Waals surface area contributed by atoms with Gasteiger partial charge in [0.2, 0.25) is 5.91 Å². The third-order valence-electron chi connectivity index (χ3n) is 3.04. The van der Waals surface area contributed by atoms with Crippen LogP contribution < -0.4 is 5.32 Å². The monoisotopic (exact) mass is 310 g/mol. The first kappa shape index (κ1) is 17.6. The molecule has 0 spiro atoms. The Kier molecular flexibility index (Phi) is 6.45. The number of nitrogens with zero attached hydrogens (tertiary/aromatic N) is 1. The Morgan fingerprint density at radius 1 is 1.32 bits per heavy atom. The van der Waals surface area contributed by atoms with Gasteiger partial charge in [0.05, 0.1) is 19.6 Å². The molecule has 0 fully saturated rings. The molecule has 1 amide bonds. The van der Waals surface area contributed by atoms with Crippen molar-refractivity contribution < 1.29 is 23.1 Å². The maximum atomic E-state index is 13.1. The van der Waals surface area contributed by atoms with Gasteiger partial charge in [0, 0.05) is 18.4 Å². The van der Waals surface area contributed by atoms with Crippen LogP contribution in [0.2, 0.25) is 0 Å². The highest BCUT2D eigenvalue weighted by molar-refractivity contribution is 5.85. The van der Waals surface area contributed by atoms with E-state index in [1.54, 1.807) is 6.92 Å². The number of nitriles is 1. The van der Waals surface area contributed by atoms with Crippen molar-refractivity contribution >= 4 is 11.9 Å². The number of amides is 1. The lowest BCUT2D eigenvalue weighted by Crippen LogP contribution is -2.46. The minimum Gasteiger partial charge on any atom is -0.467 e. The van der Waals surface area contributed by atoms with Gasteiger partial charge in [-0.25, -0.2) is 13.6 Å². The van der Waals surface area contributed by atoms with Crippen molar-refractivity contribution in [2.75, 3.05) is 7.11 Å². The largest absolute Gasteiger partial charge is 0.467 e. The molecular weight excluding hydrogens is 294 g/mol. The first-order chi connectivity index (χ1) is 10.4. The summed E-state index contributed by atoms with van der Waals surface area (Å²) < 4.78 is 30.7. The number of ether oxygens (including phenoxy) is 1. The van der Waals surface area contributed by atoms with Gasteiger partial charge in [-0.1, -0.05) is 6.92 Å². The van der Waals surface area contributed by atoms with E-state index in [-0.39, 0.29) is 18.4 Å². The van der Waals surface area contributed by atoms with Crippen LogP contribution in [0.1, 0.15) is 18.9 Å². The topological polar surface area (TPSA) is 79.2 Å². The maximum Gasteiger partial charge on any atom is 0.328 e. The maximum absolute atomic E-state index is 13.1. The summed E-state index contributed by atoms with van der Waals surface area (Å²) in [5.74, 6) is -3.30. The van der Waals surface area contributed by atoms with Crippen LogP contribution in [-0.2, 0) is 20.7 Å². The lowest BCUT2D eigenvalue weighted by molar-refractivity contribution is -0.146. The van der Waals surface area contributed by atoms with Gasteiger partial charge in [0.1, 0.15) is 17.7 Å². The molecule has 0 aliphatic carbocycles. The molecule has 7 heteroatoms. The summed E-state index contributed by atoms with van der Waals surface area (Å²) in [5.41, 5.74) is 0.145. The average molecular weight is 310 g/mol. The van der Waals surface area contributed by atoms with Crippen LogP contribution in [0.3, 0.4) is 0 Å². The summed E-state index contributed by atoms with van der Waals surface area (Å²) in [6, 6.07) is 3.69. The quantitative estimate of drug-likeness (QED) is 0.811. The van der Waals surface area contributed by atoms with E-state index in [2.05, 4.69) is 10.1 Å². The number of carbonyl (C=O) groups is 2. The van der Waals surface area contributed by atoms with Crippen molar-refractivity contribution in [3.8, 4) is 6.07 Å². The van der Waals surface area contributed by atoms with Gasteiger partial charge < -0.3 is 10.1 Å². The van der Waals surface area contributed by atoms with E-state index in [4.69, 9.17) is 5.26 Å². The van der Waals surface area contributed by atoms with E-state index in [9.17, 15) is 18.4 Å². The summed E-state index contributed by atoms with van der Waals surface area (Å²) in [6.45, 7) is 1.62. The molecule has 1 N–H and O–H groups in total. The minimum absolute atomic E-state index is 0.0502. The Morgan fingerprint density at radius 2 is 1.91 bits per heavy atom. The van der Waals surface area contributed by atoms with Crippen LogP contribution in [0, 0.1) is 28.9 Å². The Bertz CT molecular complexity index is 579. The number of carbonyl (C=O) groups excluding carboxylic acids is 2. The fourth-order valence-corrected chi connectivity index (χ4v) is 1.95. The molecule has 2 atom stereocenters. The average Bonchev–Trinajstić information content (AvgIpc) is 2.43. The van der Waals surface area contributed by atoms with Crippen molar-refractivity contribution in [2.24, 2.45) is 5.92 Å². The fourth-order valence-electron chi connectivity index (χ4n) is 1.95. The second-order valence-corrected chi connectivity index (χ2v) is 4.86. The molecular formula is C15H16F2N2O3. The molecule has 22 heavy (non-hydrogen) atoms. The number of hydrogen-bond acceptors (Lipinski definition) is 4. The number of rotatable bonds is 6. The molecule has 0 radical (unpaired) electrons. The zero-order valence-electron chi connectivity index (χ0n) is 12.2. The number of esters is 1. The lowest BCUT2D eigenvalue weighted by Gasteiger charge is -2.21. The molecule has 0 aromatic heterocycles. The van der Waals surface area contributed by atoms with Crippen LogP contribution >= 0.6 is 0 Å². The number of nitrogens with one attached hydrogen (secondary N) is 1. The number of halogens is 2. The van der Waals surface area contributed by atoms with Crippen LogP contribution in [0.4, 0.5) is 8.78 Å². The highest BCUT2D eigenvalue weighted by atomic mass is 19.1. The van der Waals surface area contributed by atoms with Gasteiger partial charge >= 0.3 is 5.97 Å². The molecule has 0 unspecified atom stereocenters. The zero-order valence-corrected chi connectivity index (χ0v) is 12.2. The number of benzene rings is 1. The van der Waals surface area contributed by atoms with E-state index < -0.39 is 35.5 Å². The smallest absolute Gasteiger partial charge is 0.328 e. The summed E-state index contributed by atoms with van der Waals surface area (Å²) in [7, 11) is 1.17. The second kappa shape index (κ2) is 8.08. The molecule has 0 aliphatic rings. The normalized spacial score (nSPS) is 12.9. The number of hydrogen-bond donors (Lipinski definition) is 1. The molecule has 0 aliphatic heterocycles. The van der Waals surface area contributed by atoms with E-state index >= 15 is 0 Å². The predicted octanol–water partition coefficient (Wildman–Crippen LogP) is 1.71. The van der Waals surface area contributed by atoms with Gasteiger partial charge in [0.25, 0.3) is 0 Å². The van der Waals surface area contributed by atoms with Gasteiger partial charge in [0.15, 0.2) is 0 Å². The Hall–Kier alpha value is -2.49. The molecule has 0 saturated carbocycles. The summed E-state index contributed by atoms with van der Waals surface area (Å²) in [5, 5.41) is 11.1. The number of methoxy groups -OCH3 is 1. The molecule has 0 saturated heterocycles. The first-order valence-corrected chi connectivity index (χ1v) is 6.56. The zero-order chi connectivity index (χ0) is 16.7.